The summed E-state index contributed by atoms with van der Waals surface area (Å²) in [6, 6.07) is 16.4. The summed E-state index contributed by atoms with van der Waals surface area (Å²) in [5.74, 6) is 0.595. The third-order valence-electron chi connectivity index (χ3n) is 4.71. The van der Waals surface area contributed by atoms with Gasteiger partial charge < -0.3 is 4.42 Å². The van der Waals surface area contributed by atoms with Gasteiger partial charge in [0.1, 0.15) is 11.4 Å². The molecule has 0 aliphatic rings. The van der Waals surface area contributed by atoms with Gasteiger partial charge in [0.25, 0.3) is 5.56 Å². The van der Waals surface area contributed by atoms with E-state index >= 15 is 0 Å². The average molecular weight is 346 g/mol. The summed E-state index contributed by atoms with van der Waals surface area (Å²) in [4.78, 5) is 30.7. The number of benzene rings is 2. The fraction of sp³-hybridized carbons (Fsp3) is 0.190. The molecule has 130 valence electrons. The molecule has 5 heteroatoms. The normalized spacial score (nSPS) is 12.5. The van der Waals surface area contributed by atoms with Crippen LogP contribution in [-0.4, -0.2) is 9.55 Å². The number of hydrogen-bond acceptors (Lipinski definition) is 4. The van der Waals surface area contributed by atoms with E-state index in [1.54, 1.807) is 28.8 Å². The lowest BCUT2D eigenvalue weighted by Crippen LogP contribution is -2.31. The molecule has 0 saturated heterocycles. The second kappa shape index (κ2) is 6.26. The number of hydrogen-bond donors (Lipinski definition) is 0. The molecule has 0 saturated carbocycles. The minimum Gasteiger partial charge on any atom is -0.437 e. The Hall–Kier alpha value is -3.21. The molecule has 26 heavy (non-hydrogen) atoms. The maximum atomic E-state index is 13.3. The van der Waals surface area contributed by atoms with E-state index in [2.05, 4.69) is 4.98 Å². The number of para-hydroxylation sites is 1. The molecule has 0 aliphatic heterocycles. The van der Waals surface area contributed by atoms with Crippen LogP contribution in [0.5, 0.6) is 0 Å². The van der Waals surface area contributed by atoms with Gasteiger partial charge in [-0.3, -0.25) is 14.2 Å². The van der Waals surface area contributed by atoms with Crippen LogP contribution >= 0.6 is 0 Å². The van der Waals surface area contributed by atoms with Crippen LogP contribution in [0.2, 0.25) is 0 Å². The van der Waals surface area contributed by atoms with E-state index in [4.69, 9.17) is 4.42 Å². The lowest BCUT2D eigenvalue weighted by Gasteiger charge is -2.19. The van der Waals surface area contributed by atoms with Crippen molar-refractivity contribution in [2.45, 2.75) is 26.3 Å². The SMILES string of the molecule is CCc1nc2oc3ccccc3c(=O)c2c(=O)n1[C@@H](C)c1ccccc1. The maximum Gasteiger partial charge on any atom is 0.269 e. The topological polar surface area (TPSA) is 65.1 Å². The highest BCUT2D eigenvalue weighted by Gasteiger charge is 2.20. The second-order valence-electron chi connectivity index (χ2n) is 6.25. The van der Waals surface area contributed by atoms with Crippen molar-refractivity contribution in [3.63, 3.8) is 0 Å². The second-order valence-corrected chi connectivity index (χ2v) is 6.25. The summed E-state index contributed by atoms with van der Waals surface area (Å²) in [5, 5.41) is 0.394. The third kappa shape index (κ3) is 2.44. The molecule has 0 N–H and O–H groups in total. The Labute approximate surface area is 149 Å². The van der Waals surface area contributed by atoms with Crippen LogP contribution in [0, 0.1) is 0 Å². The predicted molar refractivity (Wildman–Crippen MR) is 102 cm³/mol. The largest absolute Gasteiger partial charge is 0.437 e. The van der Waals surface area contributed by atoms with Crippen LogP contribution in [0.3, 0.4) is 0 Å². The highest BCUT2D eigenvalue weighted by molar-refractivity contribution is 5.87. The Balaban J connectivity index is 2.09. The summed E-state index contributed by atoms with van der Waals surface area (Å²) in [6.45, 7) is 3.87. The molecule has 0 spiro atoms. The number of aryl methyl sites for hydroxylation is 1. The molecule has 1 atom stereocenters. The summed E-state index contributed by atoms with van der Waals surface area (Å²) < 4.78 is 7.37. The van der Waals surface area contributed by atoms with Crippen molar-refractivity contribution < 1.29 is 4.42 Å². The zero-order valence-electron chi connectivity index (χ0n) is 14.6. The van der Waals surface area contributed by atoms with Gasteiger partial charge in [0.05, 0.1) is 11.4 Å². The van der Waals surface area contributed by atoms with Crippen molar-refractivity contribution in [1.82, 2.24) is 9.55 Å². The van der Waals surface area contributed by atoms with Crippen molar-refractivity contribution in [3.8, 4) is 0 Å². The number of fused-ring (bicyclic) bond motifs is 2. The van der Waals surface area contributed by atoms with E-state index in [9.17, 15) is 9.59 Å². The molecule has 5 nitrogen and oxygen atoms in total. The van der Waals surface area contributed by atoms with Gasteiger partial charge in [-0.05, 0) is 24.6 Å². The van der Waals surface area contributed by atoms with E-state index in [1.165, 1.54) is 0 Å². The standard InChI is InChI=1S/C21H18N2O3/c1-3-17-22-20-18(19(24)15-11-7-8-12-16(15)26-20)21(25)23(17)13(2)14-9-5-4-6-10-14/h4-13H,3H2,1-2H3/t13-/m0/s1. The predicted octanol–water partition coefficient (Wildman–Crippen LogP) is 3.67. The summed E-state index contributed by atoms with van der Waals surface area (Å²) in [5.41, 5.74) is 0.828. The molecule has 0 aliphatic carbocycles. The first-order valence-electron chi connectivity index (χ1n) is 8.63. The van der Waals surface area contributed by atoms with E-state index in [0.29, 0.717) is 23.2 Å². The van der Waals surface area contributed by atoms with Crippen LogP contribution in [-0.2, 0) is 6.42 Å². The molecule has 2 heterocycles. The molecular weight excluding hydrogens is 328 g/mol. The van der Waals surface area contributed by atoms with Gasteiger partial charge in [0, 0.05) is 6.42 Å². The first kappa shape index (κ1) is 16.3. The molecule has 2 aromatic carbocycles. The highest BCUT2D eigenvalue weighted by atomic mass is 16.3. The minimum atomic E-state index is -0.359. The van der Waals surface area contributed by atoms with Gasteiger partial charge in [0.15, 0.2) is 5.39 Å². The number of nitrogens with zero attached hydrogens (tertiary/aromatic N) is 2. The maximum absolute atomic E-state index is 13.3. The fourth-order valence-electron chi connectivity index (χ4n) is 3.34. The van der Waals surface area contributed by atoms with Crippen LogP contribution in [0.1, 0.15) is 31.3 Å². The zero-order chi connectivity index (χ0) is 18.3. The van der Waals surface area contributed by atoms with Crippen molar-refractivity contribution in [3.05, 3.63) is 86.6 Å². The number of aromatic nitrogens is 2. The van der Waals surface area contributed by atoms with E-state index < -0.39 is 0 Å². The van der Waals surface area contributed by atoms with E-state index in [0.717, 1.165) is 5.56 Å². The first-order chi connectivity index (χ1) is 12.6. The Morgan fingerprint density at radius 1 is 1.04 bits per heavy atom. The lowest BCUT2D eigenvalue weighted by molar-refractivity contribution is 0.559. The molecule has 0 unspecified atom stereocenters. The average Bonchev–Trinajstić information content (AvgIpc) is 2.68. The summed E-state index contributed by atoms with van der Waals surface area (Å²) in [7, 11) is 0. The van der Waals surface area contributed by atoms with Crippen LogP contribution in [0.4, 0.5) is 0 Å². The molecule has 0 fully saturated rings. The van der Waals surface area contributed by atoms with E-state index in [1.807, 2.05) is 44.2 Å². The van der Waals surface area contributed by atoms with Crippen molar-refractivity contribution >= 4 is 22.1 Å². The van der Waals surface area contributed by atoms with Gasteiger partial charge in [-0.2, -0.15) is 4.98 Å². The summed E-state index contributed by atoms with van der Waals surface area (Å²) in [6.07, 6.45) is 0.554. The highest BCUT2D eigenvalue weighted by Crippen LogP contribution is 2.20. The zero-order valence-corrected chi connectivity index (χ0v) is 14.6. The van der Waals surface area contributed by atoms with Gasteiger partial charge in [-0.1, -0.05) is 49.4 Å². The van der Waals surface area contributed by atoms with Gasteiger partial charge >= 0.3 is 0 Å². The third-order valence-corrected chi connectivity index (χ3v) is 4.71. The van der Waals surface area contributed by atoms with Crippen LogP contribution in [0.25, 0.3) is 22.1 Å². The molecule has 2 aromatic heterocycles. The van der Waals surface area contributed by atoms with Gasteiger partial charge in [-0.25, -0.2) is 0 Å². The molecular formula is C21H18N2O3. The Morgan fingerprint density at radius 2 is 1.73 bits per heavy atom. The smallest absolute Gasteiger partial charge is 0.269 e. The minimum absolute atomic E-state index is 0.00341. The van der Waals surface area contributed by atoms with Crippen molar-refractivity contribution in [2.24, 2.45) is 0 Å². The fourth-order valence-corrected chi connectivity index (χ4v) is 3.34. The molecule has 4 aromatic rings. The van der Waals surface area contributed by atoms with Crippen molar-refractivity contribution in [2.75, 3.05) is 0 Å². The summed E-state index contributed by atoms with van der Waals surface area (Å²) >= 11 is 0. The monoisotopic (exact) mass is 346 g/mol. The van der Waals surface area contributed by atoms with Gasteiger partial charge in [-0.15, -0.1) is 0 Å². The van der Waals surface area contributed by atoms with Gasteiger partial charge in [0.2, 0.25) is 11.1 Å². The van der Waals surface area contributed by atoms with Crippen LogP contribution in [0.15, 0.2) is 68.6 Å². The van der Waals surface area contributed by atoms with E-state index in [-0.39, 0.29) is 28.1 Å². The molecule has 0 bridgehead atoms. The van der Waals surface area contributed by atoms with Crippen molar-refractivity contribution in [1.29, 1.82) is 0 Å². The molecule has 4 rings (SSSR count). The Bertz CT molecular complexity index is 1220. The lowest BCUT2D eigenvalue weighted by atomic mass is 10.1. The Kier molecular flexibility index (Phi) is 3.92. The Morgan fingerprint density at radius 3 is 2.46 bits per heavy atom. The quantitative estimate of drug-likeness (QED) is 0.531. The molecule has 0 radical (unpaired) electrons. The number of rotatable bonds is 3. The first-order valence-corrected chi connectivity index (χ1v) is 8.63. The molecule has 0 amide bonds. The van der Waals surface area contributed by atoms with Crippen LogP contribution < -0.4 is 11.0 Å².